The van der Waals surface area contributed by atoms with Gasteiger partial charge in [0.1, 0.15) is 6.26 Å². The maximum absolute atomic E-state index is 5.45. The van der Waals surface area contributed by atoms with Crippen molar-refractivity contribution in [3.8, 4) is 11.3 Å². The number of rotatable bonds is 3. The third kappa shape index (κ3) is 1.88. The van der Waals surface area contributed by atoms with E-state index in [0.717, 1.165) is 5.56 Å². The molecule has 0 saturated carbocycles. The van der Waals surface area contributed by atoms with Crippen LogP contribution in [0.25, 0.3) is 11.3 Å². The Morgan fingerprint density at radius 3 is 3.00 bits per heavy atom. The minimum absolute atomic E-state index is 0.537. The van der Waals surface area contributed by atoms with Gasteiger partial charge in [0.05, 0.1) is 11.8 Å². The molecule has 2 aromatic rings. The summed E-state index contributed by atoms with van der Waals surface area (Å²) in [4.78, 5) is 4.09. The summed E-state index contributed by atoms with van der Waals surface area (Å²) in [5.74, 6) is 1.35. The standard InChI is InChI=1S/C9H9BrN2O2/c10-8-3-6(5-13-8)7-4-12-9(14-7)1-2-11/h3-5H,1-2,11H2. The molecule has 0 amide bonds. The van der Waals surface area contributed by atoms with E-state index >= 15 is 0 Å². The van der Waals surface area contributed by atoms with Gasteiger partial charge in [-0.3, -0.25) is 0 Å². The molecule has 0 radical (unpaired) electrons. The van der Waals surface area contributed by atoms with Gasteiger partial charge in [0.2, 0.25) is 0 Å². The summed E-state index contributed by atoms with van der Waals surface area (Å²) >= 11 is 3.22. The van der Waals surface area contributed by atoms with Gasteiger partial charge in [-0.2, -0.15) is 0 Å². The number of aromatic nitrogens is 1. The molecule has 4 nitrogen and oxygen atoms in total. The molecule has 2 rings (SSSR count). The largest absolute Gasteiger partial charge is 0.457 e. The second-order valence-corrected chi connectivity index (χ2v) is 3.58. The monoisotopic (exact) mass is 256 g/mol. The Kier molecular flexibility index (Phi) is 2.69. The van der Waals surface area contributed by atoms with Gasteiger partial charge in [0.25, 0.3) is 0 Å². The van der Waals surface area contributed by atoms with Crippen molar-refractivity contribution in [1.82, 2.24) is 4.98 Å². The SMILES string of the molecule is NCCc1ncc(-c2coc(Br)c2)o1. The average molecular weight is 257 g/mol. The number of furan rings is 1. The lowest BCUT2D eigenvalue weighted by Crippen LogP contribution is -2.02. The molecule has 0 spiro atoms. The number of halogens is 1. The number of hydrogen-bond acceptors (Lipinski definition) is 4. The smallest absolute Gasteiger partial charge is 0.196 e. The van der Waals surface area contributed by atoms with E-state index in [1.54, 1.807) is 12.5 Å². The van der Waals surface area contributed by atoms with Crippen molar-refractivity contribution in [2.75, 3.05) is 6.54 Å². The fraction of sp³-hybridized carbons (Fsp3) is 0.222. The van der Waals surface area contributed by atoms with Crippen LogP contribution in [0.15, 0.2) is 32.0 Å². The van der Waals surface area contributed by atoms with Gasteiger partial charge in [0.15, 0.2) is 16.3 Å². The molecule has 0 fully saturated rings. The van der Waals surface area contributed by atoms with Crippen LogP contribution < -0.4 is 5.73 Å². The van der Waals surface area contributed by atoms with E-state index in [0.29, 0.717) is 29.3 Å². The minimum Gasteiger partial charge on any atom is -0.457 e. The van der Waals surface area contributed by atoms with Crippen LogP contribution in [-0.2, 0) is 6.42 Å². The lowest BCUT2D eigenvalue weighted by molar-refractivity contribution is 0.505. The molecular formula is C9H9BrN2O2. The first-order valence-corrected chi connectivity index (χ1v) is 4.98. The van der Waals surface area contributed by atoms with Crippen LogP contribution in [0.4, 0.5) is 0 Å². The Balaban J connectivity index is 2.24. The van der Waals surface area contributed by atoms with Crippen molar-refractivity contribution >= 4 is 15.9 Å². The highest BCUT2D eigenvalue weighted by Gasteiger charge is 2.08. The zero-order chi connectivity index (χ0) is 9.97. The molecule has 0 bridgehead atoms. The Bertz CT molecular complexity index is 422. The minimum atomic E-state index is 0.537. The summed E-state index contributed by atoms with van der Waals surface area (Å²) in [6.45, 7) is 0.537. The highest BCUT2D eigenvalue weighted by molar-refractivity contribution is 9.10. The van der Waals surface area contributed by atoms with E-state index in [1.807, 2.05) is 6.07 Å². The van der Waals surface area contributed by atoms with Crippen LogP contribution in [-0.4, -0.2) is 11.5 Å². The second-order valence-electron chi connectivity index (χ2n) is 2.80. The Morgan fingerprint density at radius 2 is 2.36 bits per heavy atom. The molecule has 0 aliphatic rings. The van der Waals surface area contributed by atoms with Crippen LogP contribution in [0.3, 0.4) is 0 Å². The molecule has 0 aliphatic carbocycles. The van der Waals surface area contributed by atoms with Crippen molar-refractivity contribution in [3.05, 3.63) is 29.1 Å². The Hall–Kier alpha value is -1.07. The van der Waals surface area contributed by atoms with Crippen LogP contribution in [0.5, 0.6) is 0 Å². The van der Waals surface area contributed by atoms with Gasteiger partial charge in [-0.05, 0) is 15.9 Å². The van der Waals surface area contributed by atoms with Gasteiger partial charge in [-0.25, -0.2) is 4.98 Å². The van der Waals surface area contributed by atoms with Gasteiger partial charge in [-0.15, -0.1) is 0 Å². The second kappa shape index (κ2) is 3.98. The fourth-order valence-electron chi connectivity index (χ4n) is 1.12. The quantitative estimate of drug-likeness (QED) is 0.915. The summed E-state index contributed by atoms with van der Waals surface area (Å²) in [6.07, 6.45) is 3.93. The highest BCUT2D eigenvalue weighted by atomic mass is 79.9. The number of oxazole rings is 1. The predicted molar refractivity (Wildman–Crippen MR) is 54.7 cm³/mol. The van der Waals surface area contributed by atoms with Crippen molar-refractivity contribution in [2.45, 2.75) is 6.42 Å². The van der Waals surface area contributed by atoms with Crippen molar-refractivity contribution in [3.63, 3.8) is 0 Å². The average Bonchev–Trinajstić information content (AvgIpc) is 2.74. The summed E-state index contributed by atoms with van der Waals surface area (Å²) in [5.41, 5.74) is 6.25. The summed E-state index contributed by atoms with van der Waals surface area (Å²) in [7, 11) is 0. The Morgan fingerprint density at radius 1 is 1.50 bits per heavy atom. The molecule has 2 N–H and O–H groups in total. The molecule has 0 aliphatic heterocycles. The molecule has 14 heavy (non-hydrogen) atoms. The topological polar surface area (TPSA) is 65.2 Å². The van der Waals surface area contributed by atoms with Gasteiger partial charge >= 0.3 is 0 Å². The maximum atomic E-state index is 5.45. The van der Waals surface area contributed by atoms with Crippen molar-refractivity contribution < 1.29 is 8.83 Å². The van der Waals surface area contributed by atoms with Gasteiger partial charge in [-0.1, -0.05) is 0 Å². The van der Waals surface area contributed by atoms with E-state index in [2.05, 4.69) is 20.9 Å². The molecule has 0 aromatic carbocycles. The number of nitrogens with zero attached hydrogens (tertiary/aromatic N) is 1. The molecular weight excluding hydrogens is 248 g/mol. The first-order chi connectivity index (χ1) is 6.79. The zero-order valence-electron chi connectivity index (χ0n) is 7.37. The van der Waals surface area contributed by atoms with Crippen molar-refractivity contribution in [1.29, 1.82) is 0 Å². The van der Waals surface area contributed by atoms with Crippen molar-refractivity contribution in [2.24, 2.45) is 5.73 Å². The molecule has 74 valence electrons. The molecule has 0 unspecified atom stereocenters. The summed E-state index contributed by atoms with van der Waals surface area (Å²) in [5, 5.41) is 0. The molecule has 2 aromatic heterocycles. The Labute approximate surface area is 89.2 Å². The van der Waals surface area contributed by atoms with Crippen LogP contribution in [0.1, 0.15) is 5.89 Å². The van der Waals surface area contributed by atoms with E-state index < -0.39 is 0 Å². The van der Waals surface area contributed by atoms with Crippen LogP contribution >= 0.6 is 15.9 Å². The summed E-state index contributed by atoms with van der Waals surface area (Å²) in [6, 6.07) is 1.83. The maximum Gasteiger partial charge on any atom is 0.196 e. The lowest BCUT2D eigenvalue weighted by atomic mass is 10.3. The first kappa shape index (κ1) is 9.48. The predicted octanol–water partition coefficient (Wildman–Crippen LogP) is 2.20. The van der Waals surface area contributed by atoms with Crippen LogP contribution in [0, 0.1) is 0 Å². The summed E-state index contributed by atoms with van der Waals surface area (Å²) < 4.78 is 11.2. The third-order valence-corrected chi connectivity index (χ3v) is 2.18. The number of nitrogens with two attached hydrogens (primary N) is 1. The van der Waals surface area contributed by atoms with Gasteiger partial charge < -0.3 is 14.6 Å². The lowest BCUT2D eigenvalue weighted by Gasteiger charge is -1.89. The van der Waals surface area contributed by atoms with E-state index in [4.69, 9.17) is 14.6 Å². The van der Waals surface area contributed by atoms with Crippen LogP contribution in [0.2, 0.25) is 0 Å². The van der Waals surface area contributed by atoms with E-state index in [-0.39, 0.29) is 0 Å². The van der Waals surface area contributed by atoms with Gasteiger partial charge in [0, 0.05) is 19.0 Å². The zero-order valence-corrected chi connectivity index (χ0v) is 8.95. The number of hydrogen-bond donors (Lipinski definition) is 1. The normalized spacial score (nSPS) is 10.7. The fourth-order valence-corrected chi connectivity index (χ4v) is 1.46. The molecule has 0 atom stereocenters. The first-order valence-electron chi connectivity index (χ1n) is 4.19. The van der Waals surface area contributed by atoms with E-state index in [9.17, 15) is 0 Å². The van der Waals surface area contributed by atoms with E-state index in [1.165, 1.54) is 0 Å². The molecule has 0 saturated heterocycles. The highest BCUT2D eigenvalue weighted by Crippen LogP contribution is 2.25. The molecule has 2 heterocycles. The molecule has 5 heteroatoms. The third-order valence-electron chi connectivity index (χ3n) is 1.76.